The summed E-state index contributed by atoms with van der Waals surface area (Å²) in [6.07, 6.45) is 0. The van der Waals surface area contributed by atoms with E-state index in [1.807, 2.05) is 24.3 Å². The van der Waals surface area contributed by atoms with Gasteiger partial charge in [-0.2, -0.15) is 10.5 Å². The molecule has 61 heavy (non-hydrogen) atoms. The van der Waals surface area contributed by atoms with Crippen molar-refractivity contribution in [2.75, 3.05) is 0 Å². The van der Waals surface area contributed by atoms with Crippen LogP contribution in [0.4, 0.5) is 0 Å². The third kappa shape index (κ3) is 5.12. The van der Waals surface area contributed by atoms with Crippen LogP contribution in [-0.4, -0.2) is 13.7 Å². The quantitative estimate of drug-likeness (QED) is 0.175. The minimum Gasteiger partial charge on any atom is -0.309 e. The van der Waals surface area contributed by atoms with E-state index in [1.54, 1.807) is 12.1 Å². The molecule has 0 unspecified atom stereocenters. The molecule has 0 amide bonds. The second-order valence-corrected chi connectivity index (χ2v) is 15.5. The molecule has 3 aromatic heterocycles. The molecule has 0 fully saturated rings. The lowest BCUT2D eigenvalue weighted by Gasteiger charge is -2.16. The molecule has 12 aromatic rings. The van der Waals surface area contributed by atoms with Crippen LogP contribution >= 0.6 is 0 Å². The van der Waals surface area contributed by atoms with Crippen molar-refractivity contribution in [3.63, 3.8) is 0 Å². The molecular weight excluding hydrogens is 743 g/mol. The van der Waals surface area contributed by atoms with E-state index in [1.165, 1.54) is 32.6 Å². The molecular formula is C56H33N5. The Bertz CT molecular complexity index is 3780. The van der Waals surface area contributed by atoms with Gasteiger partial charge in [-0.1, -0.05) is 121 Å². The number of fused-ring (bicyclic) bond motifs is 10. The summed E-state index contributed by atoms with van der Waals surface area (Å²) in [5.74, 6) is 0. The number of nitrogens with zero attached hydrogens (tertiary/aromatic N) is 5. The van der Waals surface area contributed by atoms with Gasteiger partial charge < -0.3 is 13.7 Å². The van der Waals surface area contributed by atoms with E-state index in [2.05, 4.69) is 190 Å². The van der Waals surface area contributed by atoms with Gasteiger partial charge >= 0.3 is 0 Å². The van der Waals surface area contributed by atoms with E-state index in [-0.39, 0.29) is 0 Å². The maximum atomic E-state index is 10.3. The number of nitriles is 2. The van der Waals surface area contributed by atoms with E-state index in [9.17, 15) is 10.5 Å². The molecule has 0 radical (unpaired) electrons. The highest BCUT2D eigenvalue weighted by atomic mass is 15.0. The summed E-state index contributed by atoms with van der Waals surface area (Å²) >= 11 is 0. The molecule has 0 spiro atoms. The Hall–Kier alpha value is -8.64. The van der Waals surface area contributed by atoms with Gasteiger partial charge in [-0.3, -0.25) is 0 Å². The lowest BCUT2D eigenvalue weighted by atomic mass is 9.91. The van der Waals surface area contributed by atoms with Gasteiger partial charge in [0, 0.05) is 54.9 Å². The molecule has 0 saturated heterocycles. The van der Waals surface area contributed by atoms with E-state index in [0.29, 0.717) is 11.1 Å². The van der Waals surface area contributed by atoms with Crippen LogP contribution in [0, 0.1) is 22.7 Å². The predicted molar refractivity (Wildman–Crippen MR) is 250 cm³/mol. The average Bonchev–Trinajstić information content (AvgIpc) is 3.97. The predicted octanol–water partition coefficient (Wildman–Crippen LogP) is 14.1. The van der Waals surface area contributed by atoms with Crippen molar-refractivity contribution in [1.29, 1.82) is 10.5 Å². The number of rotatable bonds is 5. The van der Waals surface area contributed by atoms with E-state index in [0.717, 1.165) is 72.2 Å². The first-order valence-corrected chi connectivity index (χ1v) is 20.4. The summed E-state index contributed by atoms with van der Waals surface area (Å²) in [4.78, 5) is 0. The van der Waals surface area contributed by atoms with Crippen LogP contribution in [0.3, 0.4) is 0 Å². The van der Waals surface area contributed by atoms with Crippen LogP contribution in [-0.2, 0) is 0 Å². The minimum absolute atomic E-state index is 0.461. The first kappa shape index (κ1) is 34.4. The molecule has 12 rings (SSSR count). The highest BCUT2D eigenvalue weighted by Crippen LogP contribution is 2.45. The van der Waals surface area contributed by atoms with Gasteiger partial charge in [-0.15, -0.1) is 0 Å². The molecule has 9 aromatic carbocycles. The van der Waals surface area contributed by atoms with E-state index >= 15 is 0 Å². The largest absolute Gasteiger partial charge is 0.309 e. The van der Waals surface area contributed by atoms with Crippen LogP contribution < -0.4 is 0 Å². The van der Waals surface area contributed by atoms with Crippen LogP contribution in [0.15, 0.2) is 200 Å². The number of hydrogen-bond acceptors (Lipinski definition) is 2. The first-order chi connectivity index (χ1) is 30.2. The second-order valence-electron chi connectivity index (χ2n) is 15.5. The third-order valence-corrected chi connectivity index (χ3v) is 12.3. The van der Waals surface area contributed by atoms with Crippen LogP contribution in [0.1, 0.15) is 11.1 Å². The monoisotopic (exact) mass is 775 g/mol. The molecule has 282 valence electrons. The van der Waals surface area contributed by atoms with Crippen molar-refractivity contribution in [3.05, 3.63) is 211 Å². The maximum absolute atomic E-state index is 10.3. The van der Waals surface area contributed by atoms with Gasteiger partial charge in [0.1, 0.15) is 0 Å². The van der Waals surface area contributed by atoms with Crippen molar-refractivity contribution in [2.45, 2.75) is 0 Å². The highest BCUT2D eigenvalue weighted by molar-refractivity contribution is 6.26. The fourth-order valence-electron chi connectivity index (χ4n) is 9.71. The number of aromatic nitrogens is 3. The molecule has 5 heteroatoms. The summed E-state index contributed by atoms with van der Waals surface area (Å²) in [7, 11) is 0. The smallest absolute Gasteiger partial charge is 0.0998 e. The maximum Gasteiger partial charge on any atom is 0.0998 e. The molecule has 0 bridgehead atoms. The Balaban J connectivity index is 1.21. The summed E-state index contributed by atoms with van der Waals surface area (Å²) < 4.78 is 7.20. The Kier molecular flexibility index (Phi) is 7.59. The van der Waals surface area contributed by atoms with Crippen molar-refractivity contribution in [3.8, 4) is 51.5 Å². The van der Waals surface area contributed by atoms with Gasteiger partial charge in [0.15, 0.2) is 0 Å². The third-order valence-electron chi connectivity index (χ3n) is 12.3. The Morgan fingerprint density at radius 1 is 0.328 bits per heavy atom. The molecule has 3 heterocycles. The summed E-state index contributed by atoms with van der Waals surface area (Å²) in [5.41, 5.74) is 14.7. The summed E-state index contributed by atoms with van der Waals surface area (Å²) in [6.45, 7) is 0. The minimum atomic E-state index is 0.461. The molecule has 0 aliphatic heterocycles. The molecule has 0 aliphatic carbocycles. The van der Waals surface area contributed by atoms with Crippen LogP contribution in [0.2, 0.25) is 0 Å². The van der Waals surface area contributed by atoms with Crippen molar-refractivity contribution in [1.82, 2.24) is 13.7 Å². The molecule has 0 N–H and O–H groups in total. The Labute approximate surface area is 351 Å². The van der Waals surface area contributed by atoms with Crippen molar-refractivity contribution < 1.29 is 0 Å². The Morgan fingerprint density at radius 2 is 0.885 bits per heavy atom. The lowest BCUT2D eigenvalue weighted by molar-refractivity contribution is 1.17. The fraction of sp³-hybridized carbons (Fsp3) is 0. The molecule has 0 atom stereocenters. The van der Waals surface area contributed by atoms with Crippen LogP contribution in [0.5, 0.6) is 0 Å². The second kappa shape index (κ2) is 13.5. The van der Waals surface area contributed by atoms with Gasteiger partial charge in [-0.05, 0) is 95.6 Å². The van der Waals surface area contributed by atoms with Gasteiger partial charge in [-0.25, -0.2) is 0 Å². The van der Waals surface area contributed by atoms with E-state index < -0.39 is 0 Å². The van der Waals surface area contributed by atoms with Crippen molar-refractivity contribution >= 4 is 65.4 Å². The zero-order valence-corrected chi connectivity index (χ0v) is 32.8. The number of hydrogen-bond donors (Lipinski definition) is 0. The molecule has 5 nitrogen and oxygen atoms in total. The van der Waals surface area contributed by atoms with Gasteiger partial charge in [0.25, 0.3) is 0 Å². The topological polar surface area (TPSA) is 62.4 Å². The fourth-order valence-corrected chi connectivity index (χ4v) is 9.71. The summed E-state index contributed by atoms with van der Waals surface area (Å²) in [5, 5.41) is 27.1. The zero-order valence-electron chi connectivity index (χ0n) is 32.8. The zero-order chi connectivity index (χ0) is 40.6. The Morgan fingerprint density at radius 3 is 1.59 bits per heavy atom. The molecule has 0 aliphatic rings. The summed E-state index contributed by atoms with van der Waals surface area (Å²) in [6, 6.07) is 75.0. The SMILES string of the molecule is N#Cc1ccc(-c2ccc(-n3c4ccc(-n5c6ccccc6c6ccccc65)cc4c4ccc5c(c6ccccc6n5-c5ccccc5)c43)cc2-c2ccccc2)c(C#N)c1. The van der Waals surface area contributed by atoms with Crippen LogP contribution in [0.25, 0.3) is 105 Å². The highest BCUT2D eigenvalue weighted by Gasteiger charge is 2.23. The first-order valence-electron chi connectivity index (χ1n) is 20.4. The van der Waals surface area contributed by atoms with Gasteiger partial charge in [0.05, 0.1) is 56.4 Å². The van der Waals surface area contributed by atoms with Gasteiger partial charge in [0.2, 0.25) is 0 Å². The van der Waals surface area contributed by atoms with E-state index in [4.69, 9.17) is 0 Å². The molecule has 0 saturated carbocycles. The number of benzene rings is 9. The van der Waals surface area contributed by atoms with Crippen molar-refractivity contribution in [2.24, 2.45) is 0 Å². The lowest BCUT2D eigenvalue weighted by Crippen LogP contribution is -1.98. The average molecular weight is 776 g/mol. The number of para-hydroxylation sites is 4. The standard InChI is InChI=1S/C56H33N5/c57-34-36-23-26-42(38(31-36)35-58)43-27-24-41(32-48(43)37-13-3-1-4-14-37)61-53-29-25-40(60-50-20-10-7-17-44(50)45-18-8-11-21-51(45)60)33-49(53)46-28-30-54-55(56(46)61)47-19-9-12-22-52(47)59(54)39-15-5-2-6-16-39/h1-33H. The normalized spacial score (nSPS) is 11.6.